The molecule has 1 aliphatic rings. The molecular formula is C30H32O4. The zero-order valence-corrected chi connectivity index (χ0v) is 20.4. The maximum Gasteiger partial charge on any atom is 0.338 e. The summed E-state index contributed by atoms with van der Waals surface area (Å²) >= 11 is 0. The van der Waals surface area contributed by atoms with Crippen molar-refractivity contribution in [1.82, 2.24) is 0 Å². The van der Waals surface area contributed by atoms with Gasteiger partial charge in [-0.2, -0.15) is 0 Å². The van der Waals surface area contributed by atoms with Gasteiger partial charge in [0.05, 0.1) is 12.0 Å². The molecule has 0 heterocycles. The molecule has 0 bridgehead atoms. The van der Waals surface area contributed by atoms with Crippen LogP contribution in [0.15, 0.2) is 72.8 Å². The van der Waals surface area contributed by atoms with Crippen molar-refractivity contribution in [3.8, 4) is 5.75 Å². The van der Waals surface area contributed by atoms with Crippen molar-refractivity contribution >= 4 is 11.9 Å². The summed E-state index contributed by atoms with van der Waals surface area (Å²) < 4.78 is 10.9. The Morgan fingerprint density at radius 3 is 2.09 bits per heavy atom. The van der Waals surface area contributed by atoms with Gasteiger partial charge in [0, 0.05) is 0 Å². The van der Waals surface area contributed by atoms with Crippen molar-refractivity contribution in [1.29, 1.82) is 0 Å². The molecule has 0 radical (unpaired) electrons. The smallest absolute Gasteiger partial charge is 0.338 e. The van der Waals surface area contributed by atoms with Gasteiger partial charge in [-0.15, -0.1) is 0 Å². The molecule has 0 fully saturated rings. The molecule has 0 aromatic heterocycles. The van der Waals surface area contributed by atoms with E-state index < -0.39 is 5.97 Å². The van der Waals surface area contributed by atoms with Crippen LogP contribution in [-0.4, -0.2) is 11.9 Å². The second-order valence-electron chi connectivity index (χ2n) is 10.4. The molecule has 4 nitrogen and oxygen atoms in total. The molecule has 1 aliphatic carbocycles. The summed E-state index contributed by atoms with van der Waals surface area (Å²) in [5, 5.41) is 0. The number of benzene rings is 3. The van der Waals surface area contributed by atoms with E-state index in [-0.39, 0.29) is 29.8 Å². The molecule has 4 heteroatoms. The molecule has 0 amide bonds. The summed E-state index contributed by atoms with van der Waals surface area (Å²) in [5.41, 5.74) is 5.23. The Bertz CT molecular complexity index is 1170. The average molecular weight is 457 g/mol. The minimum absolute atomic E-state index is 0.0930. The minimum Gasteiger partial charge on any atom is -0.457 e. The van der Waals surface area contributed by atoms with E-state index in [0.29, 0.717) is 11.3 Å². The summed E-state index contributed by atoms with van der Waals surface area (Å²) in [4.78, 5) is 24.9. The minimum atomic E-state index is -0.415. The monoisotopic (exact) mass is 456 g/mol. The summed E-state index contributed by atoms with van der Waals surface area (Å²) in [7, 11) is 0. The molecule has 0 atom stereocenters. The van der Waals surface area contributed by atoms with Gasteiger partial charge in [-0.1, -0.05) is 76.2 Å². The van der Waals surface area contributed by atoms with Gasteiger partial charge < -0.3 is 9.47 Å². The topological polar surface area (TPSA) is 52.6 Å². The number of esters is 2. The normalized spacial score (nSPS) is 15.8. The first-order valence-electron chi connectivity index (χ1n) is 11.8. The third-order valence-electron chi connectivity index (χ3n) is 6.80. The van der Waals surface area contributed by atoms with Crippen molar-refractivity contribution in [3.05, 3.63) is 101 Å². The molecule has 0 saturated carbocycles. The van der Waals surface area contributed by atoms with Crippen LogP contribution in [0.25, 0.3) is 0 Å². The number of carbonyl (C=O) groups excluding carboxylic acids is 2. The van der Waals surface area contributed by atoms with E-state index in [1.807, 2.05) is 36.4 Å². The average Bonchev–Trinajstić information content (AvgIpc) is 2.82. The first kappa shape index (κ1) is 23.7. The van der Waals surface area contributed by atoms with Crippen LogP contribution < -0.4 is 4.74 Å². The van der Waals surface area contributed by atoms with Crippen LogP contribution >= 0.6 is 0 Å². The van der Waals surface area contributed by atoms with E-state index >= 15 is 0 Å². The Labute approximate surface area is 201 Å². The van der Waals surface area contributed by atoms with E-state index in [1.165, 1.54) is 11.1 Å². The van der Waals surface area contributed by atoms with Gasteiger partial charge in [0.1, 0.15) is 12.4 Å². The van der Waals surface area contributed by atoms with Crippen molar-refractivity contribution in [2.75, 3.05) is 0 Å². The maximum absolute atomic E-state index is 12.6. The lowest BCUT2D eigenvalue weighted by Gasteiger charge is -2.42. The summed E-state index contributed by atoms with van der Waals surface area (Å²) in [6.07, 6.45) is 2.48. The van der Waals surface area contributed by atoms with Crippen LogP contribution in [0.2, 0.25) is 0 Å². The van der Waals surface area contributed by atoms with Gasteiger partial charge in [-0.05, 0) is 70.2 Å². The first-order chi connectivity index (χ1) is 16.1. The Hall–Kier alpha value is -3.40. The molecule has 176 valence electrons. The summed E-state index contributed by atoms with van der Waals surface area (Å²) in [6.45, 7) is 9.34. The van der Waals surface area contributed by atoms with Crippen molar-refractivity contribution in [2.45, 2.75) is 64.4 Å². The fourth-order valence-electron chi connectivity index (χ4n) is 4.55. The van der Waals surface area contributed by atoms with Gasteiger partial charge in [-0.25, -0.2) is 4.79 Å². The summed E-state index contributed by atoms with van der Waals surface area (Å²) in [6, 6.07) is 22.4. The van der Waals surface area contributed by atoms with Crippen LogP contribution in [-0.2, 0) is 33.4 Å². The van der Waals surface area contributed by atoms with Crippen LogP contribution in [0.4, 0.5) is 0 Å². The van der Waals surface area contributed by atoms with Crippen LogP contribution in [0.3, 0.4) is 0 Å². The third-order valence-corrected chi connectivity index (χ3v) is 6.80. The fourth-order valence-corrected chi connectivity index (χ4v) is 4.55. The standard InChI is InChI=1S/C30H32O4/c1-29(2)16-17-30(3,4)26-18-22(10-15-25(26)29)19-27(31)34-24-13-11-23(12-14-24)28(32)33-20-21-8-6-5-7-9-21/h5-15,18H,16-17,19-20H2,1-4H3. The molecule has 0 unspecified atom stereocenters. The van der Waals surface area contributed by atoms with Crippen molar-refractivity contribution < 1.29 is 19.1 Å². The zero-order valence-electron chi connectivity index (χ0n) is 20.4. The SMILES string of the molecule is CC1(C)CCC(C)(C)c2cc(CC(=O)Oc3ccc(C(=O)OCc4ccccc4)cc3)ccc21. The lowest BCUT2D eigenvalue weighted by atomic mass is 9.63. The van der Waals surface area contributed by atoms with Gasteiger partial charge in [0.25, 0.3) is 0 Å². The van der Waals surface area contributed by atoms with Gasteiger partial charge in [0.2, 0.25) is 0 Å². The number of carbonyl (C=O) groups is 2. The summed E-state index contributed by atoms with van der Waals surface area (Å²) in [5.74, 6) is -0.336. The Balaban J connectivity index is 1.37. The fraction of sp³-hybridized carbons (Fsp3) is 0.333. The number of hydrogen-bond acceptors (Lipinski definition) is 4. The largest absolute Gasteiger partial charge is 0.457 e. The molecule has 3 aromatic rings. The quantitative estimate of drug-likeness (QED) is 0.312. The maximum atomic E-state index is 12.6. The van der Waals surface area contributed by atoms with Gasteiger partial charge >= 0.3 is 11.9 Å². The predicted molar refractivity (Wildman–Crippen MR) is 133 cm³/mol. The highest BCUT2D eigenvalue weighted by atomic mass is 16.5. The second kappa shape index (κ2) is 9.46. The molecule has 0 N–H and O–H groups in total. The highest BCUT2D eigenvalue weighted by Crippen LogP contribution is 2.45. The van der Waals surface area contributed by atoms with Crippen LogP contribution in [0.1, 0.15) is 73.1 Å². The lowest BCUT2D eigenvalue weighted by molar-refractivity contribution is -0.133. The van der Waals surface area contributed by atoms with E-state index in [9.17, 15) is 9.59 Å². The molecule has 0 saturated heterocycles. The predicted octanol–water partition coefficient (Wildman–Crippen LogP) is 6.54. The lowest BCUT2D eigenvalue weighted by Crippen LogP contribution is -2.34. The number of rotatable bonds is 6. The highest BCUT2D eigenvalue weighted by Gasteiger charge is 2.37. The Morgan fingerprint density at radius 2 is 1.41 bits per heavy atom. The van der Waals surface area contributed by atoms with E-state index in [0.717, 1.165) is 24.0 Å². The van der Waals surface area contributed by atoms with E-state index in [1.54, 1.807) is 24.3 Å². The molecule has 4 rings (SSSR count). The van der Waals surface area contributed by atoms with Crippen molar-refractivity contribution in [2.24, 2.45) is 0 Å². The number of ether oxygens (including phenoxy) is 2. The molecule has 3 aromatic carbocycles. The zero-order chi connectivity index (χ0) is 24.3. The molecule has 0 spiro atoms. The second-order valence-corrected chi connectivity index (χ2v) is 10.4. The van der Waals surface area contributed by atoms with Crippen LogP contribution in [0.5, 0.6) is 5.75 Å². The molecule has 0 aliphatic heterocycles. The van der Waals surface area contributed by atoms with Crippen LogP contribution in [0, 0.1) is 0 Å². The Kier molecular flexibility index (Phi) is 6.60. The number of fused-ring (bicyclic) bond motifs is 1. The Morgan fingerprint density at radius 1 is 0.765 bits per heavy atom. The number of hydrogen-bond donors (Lipinski definition) is 0. The van der Waals surface area contributed by atoms with Gasteiger partial charge in [0.15, 0.2) is 0 Å². The molecular weight excluding hydrogens is 424 g/mol. The van der Waals surface area contributed by atoms with Gasteiger partial charge in [-0.3, -0.25) is 4.79 Å². The first-order valence-corrected chi connectivity index (χ1v) is 11.8. The van der Waals surface area contributed by atoms with E-state index in [4.69, 9.17) is 9.47 Å². The van der Waals surface area contributed by atoms with Crippen molar-refractivity contribution in [3.63, 3.8) is 0 Å². The molecule has 34 heavy (non-hydrogen) atoms. The highest BCUT2D eigenvalue weighted by molar-refractivity contribution is 5.89. The third kappa shape index (κ3) is 5.39. The van der Waals surface area contributed by atoms with E-state index in [2.05, 4.69) is 39.8 Å².